The lowest BCUT2D eigenvalue weighted by Crippen LogP contribution is -2.32. The van der Waals surface area contributed by atoms with Gasteiger partial charge in [-0.2, -0.15) is 0 Å². The molecule has 0 aliphatic carbocycles. The maximum Gasteiger partial charge on any atom is 0.265 e. The SMILES string of the molecule is O=C(CCCCCCN(c1ccccn1)S(=O)(=O)c1ccc2ccccc2c1)NO. The van der Waals surface area contributed by atoms with Gasteiger partial charge in [0.15, 0.2) is 0 Å². The Morgan fingerprint density at radius 3 is 2.40 bits per heavy atom. The van der Waals surface area contributed by atoms with Gasteiger partial charge in [-0.15, -0.1) is 0 Å². The van der Waals surface area contributed by atoms with Crippen LogP contribution in [-0.4, -0.2) is 31.1 Å². The number of hydroxylamine groups is 1. The molecule has 0 fully saturated rings. The Kier molecular flexibility index (Phi) is 7.37. The number of amides is 1. The minimum atomic E-state index is -3.78. The largest absolute Gasteiger partial charge is 0.289 e. The lowest BCUT2D eigenvalue weighted by atomic mass is 10.1. The van der Waals surface area contributed by atoms with Gasteiger partial charge in [-0.1, -0.05) is 49.2 Å². The van der Waals surface area contributed by atoms with E-state index in [1.165, 1.54) is 4.31 Å². The van der Waals surface area contributed by atoms with Crippen LogP contribution in [0.2, 0.25) is 0 Å². The molecule has 0 aliphatic heterocycles. The van der Waals surface area contributed by atoms with E-state index in [1.807, 2.05) is 30.3 Å². The summed E-state index contributed by atoms with van der Waals surface area (Å²) < 4.78 is 28.2. The first-order chi connectivity index (χ1) is 14.5. The Labute approximate surface area is 176 Å². The van der Waals surface area contributed by atoms with Gasteiger partial charge in [-0.25, -0.2) is 23.2 Å². The number of rotatable bonds is 10. The van der Waals surface area contributed by atoms with E-state index in [1.54, 1.807) is 42.0 Å². The number of hydrogen-bond donors (Lipinski definition) is 2. The fraction of sp³-hybridized carbons (Fsp3) is 0.273. The molecule has 0 atom stereocenters. The van der Waals surface area contributed by atoms with E-state index in [4.69, 9.17) is 5.21 Å². The highest BCUT2D eigenvalue weighted by Gasteiger charge is 2.25. The van der Waals surface area contributed by atoms with Crippen molar-refractivity contribution in [3.63, 3.8) is 0 Å². The molecule has 3 aromatic rings. The summed E-state index contributed by atoms with van der Waals surface area (Å²) in [5, 5.41) is 10.4. The van der Waals surface area contributed by atoms with Crippen molar-refractivity contribution < 1.29 is 18.4 Å². The van der Waals surface area contributed by atoms with Crippen LogP contribution in [-0.2, 0) is 14.8 Å². The lowest BCUT2D eigenvalue weighted by Gasteiger charge is -2.23. The monoisotopic (exact) mass is 427 g/mol. The number of benzene rings is 2. The Balaban J connectivity index is 1.76. The van der Waals surface area contributed by atoms with Crippen molar-refractivity contribution in [2.75, 3.05) is 10.8 Å². The molecule has 0 bridgehead atoms. The first kappa shape index (κ1) is 21.7. The summed E-state index contributed by atoms with van der Waals surface area (Å²) in [6.07, 6.45) is 4.61. The number of carbonyl (C=O) groups is 1. The molecule has 1 aromatic heterocycles. The molecule has 3 rings (SSSR count). The van der Waals surface area contributed by atoms with Crippen LogP contribution in [0.25, 0.3) is 10.8 Å². The third-order valence-electron chi connectivity index (χ3n) is 4.85. The number of anilines is 1. The molecular weight excluding hydrogens is 402 g/mol. The predicted molar refractivity (Wildman–Crippen MR) is 116 cm³/mol. The molecule has 158 valence electrons. The van der Waals surface area contributed by atoms with Crippen LogP contribution in [0.15, 0.2) is 71.8 Å². The fourth-order valence-corrected chi connectivity index (χ4v) is 4.76. The molecule has 0 spiro atoms. The fourth-order valence-electron chi connectivity index (χ4n) is 3.26. The smallest absolute Gasteiger partial charge is 0.265 e. The highest BCUT2D eigenvalue weighted by Crippen LogP contribution is 2.25. The molecule has 2 N–H and O–H groups in total. The summed E-state index contributed by atoms with van der Waals surface area (Å²) >= 11 is 0. The Morgan fingerprint density at radius 1 is 0.933 bits per heavy atom. The van der Waals surface area contributed by atoms with Crippen LogP contribution in [0, 0.1) is 0 Å². The number of aromatic nitrogens is 1. The van der Waals surface area contributed by atoms with Crippen molar-refractivity contribution in [1.29, 1.82) is 0 Å². The van der Waals surface area contributed by atoms with Gasteiger partial charge in [0.25, 0.3) is 10.0 Å². The van der Waals surface area contributed by atoms with Crippen LogP contribution in [0.4, 0.5) is 5.82 Å². The van der Waals surface area contributed by atoms with Crippen LogP contribution in [0.1, 0.15) is 32.1 Å². The number of nitrogens with zero attached hydrogens (tertiary/aromatic N) is 2. The minimum Gasteiger partial charge on any atom is -0.289 e. The van der Waals surface area contributed by atoms with Gasteiger partial charge in [0.05, 0.1) is 4.90 Å². The predicted octanol–water partition coefficient (Wildman–Crippen LogP) is 3.89. The standard InChI is InChI=1S/C22H25N3O4S/c26-22(24-27)12-3-1-2-8-16-25(21-11-6-7-15-23-21)30(28,29)20-14-13-18-9-4-5-10-19(18)17-20/h4-7,9-11,13-15,17,27H,1-3,8,12,16H2,(H,24,26). The van der Waals surface area contributed by atoms with Crippen molar-refractivity contribution in [3.05, 3.63) is 66.9 Å². The molecule has 1 amide bonds. The number of nitrogens with one attached hydrogen (secondary N) is 1. The number of sulfonamides is 1. The minimum absolute atomic E-state index is 0.228. The maximum absolute atomic E-state index is 13.4. The van der Waals surface area contributed by atoms with Gasteiger partial charge in [0.1, 0.15) is 5.82 Å². The summed E-state index contributed by atoms with van der Waals surface area (Å²) in [6.45, 7) is 0.290. The number of carbonyl (C=O) groups excluding carboxylic acids is 1. The summed E-state index contributed by atoms with van der Waals surface area (Å²) in [5.41, 5.74) is 1.61. The van der Waals surface area contributed by atoms with Crippen molar-refractivity contribution in [3.8, 4) is 0 Å². The van der Waals surface area contributed by atoms with Crippen LogP contribution < -0.4 is 9.79 Å². The average Bonchev–Trinajstić information content (AvgIpc) is 2.78. The Morgan fingerprint density at radius 2 is 1.67 bits per heavy atom. The van der Waals surface area contributed by atoms with E-state index < -0.39 is 15.9 Å². The molecule has 30 heavy (non-hydrogen) atoms. The van der Waals surface area contributed by atoms with E-state index in [0.717, 1.165) is 23.6 Å². The van der Waals surface area contributed by atoms with Gasteiger partial charge < -0.3 is 0 Å². The Bertz CT molecular complexity index is 1090. The van der Waals surface area contributed by atoms with Gasteiger partial charge >= 0.3 is 0 Å². The van der Waals surface area contributed by atoms with Crippen molar-refractivity contribution in [2.45, 2.75) is 37.0 Å². The topological polar surface area (TPSA) is 99.6 Å². The van der Waals surface area contributed by atoms with Crippen LogP contribution >= 0.6 is 0 Å². The first-order valence-corrected chi connectivity index (χ1v) is 11.3. The summed E-state index contributed by atoms with van der Waals surface area (Å²) in [4.78, 5) is 15.5. The van der Waals surface area contributed by atoms with Crippen molar-refractivity contribution in [2.24, 2.45) is 0 Å². The molecule has 0 saturated carbocycles. The van der Waals surface area contributed by atoms with Gasteiger partial charge in [-0.3, -0.25) is 10.0 Å². The molecule has 0 saturated heterocycles. The molecule has 0 radical (unpaired) electrons. The average molecular weight is 428 g/mol. The van der Waals surface area contributed by atoms with E-state index in [0.29, 0.717) is 25.2 Å². The summed E-state index contributed by atoms with van der Waals surface area (Å²) in [6, 6.07) is 18.0. The molecule has 1 heterocycles. The molecule has 8 heteroatoms. The Hall–Kier alpha value is -2.97. The summed E-state index contributed by atoms with van der Waals surface area (Å²) in [5.74, 6) is -0.0330. The second-order valence-corrected chi connectivity index (χ2v) is 8.84. The third kappa shape index (κ3) is 5.34. The van der Waals surface area contributed by atoms with Crippen molar-refractivity contribution in [1.82, 2.24) is 10.5 Å². The number of fused-ring (bicyclic) bond motifs is 1. The number of unbranched alkanes of at least 4 members (excludes halogenated alkanes) is 3. The summed E-state index contributed by atoms with van der Waals surface area (Å²) in [7, 11) is -3.78. The lowest BCUT2D eigenvalue weighted by molar-refractivity contribution is -0.129. The molecule has 0 aliphatic rings. The van der Waals surface area contributed by atoms with E-state index >= 15 is 0 Å². The van der Waals surface area contributed by atoms with Crippen LogP contribution in [0.3, 0.4) is 0 Å². The molecule has 2 aromatic carbocycles. The van der Waals surface area contributed by atoms with E-state index in [2.05, 4.69) is 4.98 Å². The second-order valence-electron chi connectivity index (χ2n) is 6.97. The van der Waals surface area contributed by atoms with E-state index in [-0.39, 0.29) is 11.3 Å². The van der Waals surface area contributed by atoms with E-state index in [9.17, 15) is 13.2 Å². The van der Waals surface area contributed by atoms with Crippen LogP contribution in [0.5, 0.6) is 0 Å². The number of hydrogen-bond acceptors (Lipinski definition) is 5. The van der Waals surface area contributed by atoms with Gasteiger partial charge in [-0.05, 0) is 47.9 Å². The zero-order chi connectivity index (χ0) is 21.4. The quantitative estimate of drug-likeness (QED) is 0.291. The first-order valence-electron chi connectivity index (χ1n) is 9.88. The molecular formula is C22H25N3O4S. The zero-order valence-corrected chi connectivity index (χ0v) is 17.4. The molecule has 7 nitrogen and oxygen atoms in total. The highest BCUT2D eigenvalue weighted by molar-refractivity contribution is 7.92. The third-order valence-corrected chi connectivity index (χ3v) is 6.65. The highest BCUT2D eigenvalue weighted by atomic mass is 32.2. The van der Waals surface area contributed by atoms with Crippen molar-refractivity contribution >= 4 is 32.5 Å². The zero-order valence-electron chi connectivity index (χ0n) is 16.6. The number of pyridine rings is 1. The van der Waals surface area contributed by atoms with Gasteiger partial charge in [0.2, 0.25) is 5.91 Å². The molecule has 0 unspecified atom stereocenters. The maximum atomic E-state index is 13.4. The second kappa shape index (κ2) is 10.2. The normalized spacial score (nSPS) is 11.4. The van der Waals surface area contributed by atoms with Gasteiger partial charge in [0, 0.05) is 19.2 Å².